The predicted octanol–water partition coefficient (Wildman–Crippen LogP) is 7.13. The molecule has 1 saturated heterocycles. The zero-order chi connectivity index (χ0) is 38.3. The van der Waals surface area contributed by atoms with Gasteiger partial charge in [0.25, 0.3) is 0 Å². The number of rotatable bonds is 14. The van der Waals surface area contributed by atoms with Crippen LogP contribution in [-0.4, -0.2) is 83.4 Å². The molecule has 53 heavy (non-hydrogen) atoms. The molecule has 2 aromatic heterocycles. The minimum absolute atomic E-state index is 0.0253. The average Bonchev–Trinajstić information content (AvgIpc) is 3.79. The Morgan fingerprint density at radius 1 is 0.792 bits per heavy atom. The molecular weight excluding hydrogens is 719 g/mol. The van der Waals surface area contributed by atoms with E-state index in [0.29, 0.717) is 6.61 Å². The van der Waals surface area contributed by atoms with Crippen LogP contribution >= 0.6 is 22.7 Å². The number of esters is 3. The summed E-state index contributed by atoms with van der Waals surface area (Å²) in [5.41, 5.74) is 4.11. The van der Waals surface area contributed by atoms with Gasteiger partial charge >= 0.3 is 29.8 Å². The Bertz CT molecular complexity index is 1760. The molecule has 0 aliphatic carbocycles. The Kier molecular flexibility index (Phi) is 15.5. The maximum Gasteiger partial charge on any atom is 0.349 e. The third-order valence-electron chi connectivity index (χ3n) is 8.38. The fraction of sp³-hybridized carbons (Fsp3) is 0.325. The molecule has 1 aliphatic rings. The van der Waals surface area contributed by atoms with E-state index < -0.39 is 36.1 Å². The van der Waals surface area contributed by atoms with Gasteiger partial charge in [-0.15, -0.1) is 22.7 Å². The number of carbonyl (C=O) groups is 5. The lowest BCUT2D eigenvalue weighted by atomic mass is 9.98. The fourth-order valence-corrected chi connectivity index (χ4v) is 7.70. The molecule has 13 heteroatoms. The van der Waals surface area contributed by atoms with Crippen molar-refractivity contribution < 1.29 is 48.4 Å². The third-order valence-corrected chi connectivity index (χ3v) is 10.5. The molecule has 3 atom stereocenters. The molecule has 4 aromatic rings. The summed E-state index contributed by atoms with van der Waals surface area (Å²) < 4.78 is 14.7. The van der Waals surface area contributed by atoms with Crippen LogP contribution in [0, 0.1) is 19.8 Å². The van der Waals surface area contributed by atoms with Crippen molar-refractivity contribution in [1.82, 2.24) is 4.90 Å². The maximum atomic E-state index is 12.1. The number of hydrogen-bond acceptors (Lipinski definition) is 11. The van der Waals surface area contributed by atoms with E-state index in [9.17, 15) is 34.2 Å². The molecule has 1 fully saturated rings. The molecule has 2 N–H and O–H groups in total. The van der Waals surface area contributed by atoms with Gasteiger partial charge in [0.2, 0.25) is 12.2 Å². The summed E-state index contributed by atoms with van der Waals surface area (Å²) in [5.74, 6) is -5.62. The standard InChI is InChI=1S/C22H29NO2S2.C18H14O8/c1-4-25-22(24)18-7-5-11-23(15-18)12-6-8-19(20-16(2)9-13-26-20)21-17(3)10-14-27-21;19-15(20)13(25-17(23)11-7-3-1-4-8-11)14(16(21)22)26-18(24)12-9-5-2-6-10-12/h8-10,13-14,18H,4-7,11-12,15H2,1-3H3;1-10,13-14H,(H,19,20)(H,21,22)/t18-;/m1./s1. The Labute approximate surface area is 316 Å². The normalized spacial score (nSPS) is 15.1. The van der Waals surface area contributed by atoms with E-state index in [1.54, 1.807) is 12.1 Å². The van der Waals surface area contributed by atoms with E-state index in [1.807, 2.05) is 29.6 Å². The molecule has 2 unspecified atom stereocenters. The first-order valence-electron chi connectivity index (χ1n) is 17.2. The van der Waals surface area contributed by atoms with Gasteiger partial charge in [-0.3, -0.25) is 4.79 Å². The highest BCUT2D eigenvalue weighted by Gasteiger charge is 2.41. The Morgan fingerprint density at radius 3 is 1.70 bits per heavy atom. The Morgan fingerprint density at radius 2 is 1.28 bits per heavy atom. The van der Waals surface area contributed by atoms with E-state index in [-0.39, 0.29) is 23.0 Å². The number of nitrogens with zero attached hydrogens (tertiary/aromatic N) is 1. The maximum absolute atomic E-state index is 12.1. The number of carboxylic acids is 2. The molecule has 5 rings (SSSR count). The first kappa shape index (κ1) is 40.7. The predicted molar refractivity (Wildman–Crippen MR) is 202 cm³/mol. The van der Waals surface area contributed by atoms with Gasteiger partial charge < -0.3 is 29.3 Å². The zero-order valence-electron chi connectivity index (χ0n) is 29.8. The summed E-state index contributed by atoms with van der Waals surface area (Å²) in [6, 6.07) is 19.2. The topological polar surface area (TPSA) is 157 Å². The van der Waals surface area contributed by atoms with E-state index >= 15 is 0 Å². The van der Waals surface area contributed by atoms with Crippen molar-refractivity contribution >= 4 is 58.1 Å². The minimum Gasteiger partial charge on any atom is -0.478 e. The first-order valence-corrected chi connectivity index (χ1v) is 18.9. The van der Waals surface area contributed by atoms with Crippen LogP contribution in [0.1, 0.15) is 67.8 Å². The highest BCUT2D eigenvalue weighted by atomic mass is 32.1. The summed E-state index contributed by atoms with van der Waals surface area (Å²) in [7, 11) is 0. The zero-order valence-corrected chi connectivity index (χ0v) is 31.4. The van der Waals surface area contributed by atoms with Crippen molar-refractivity contribution in [2.75, 3.05) is 26.2 Å². The van der Waals surface area contributed by atoms with Gasteiger partial charge in [0.05, 0.1) is 23.7 Å². The highest BCUT2D eigenvalue weighted by molar-refractivity contribution is 7.14. The molecule has 0 spiro atoms. The first-order chi connectivity index (χ1) is 25.5. The number of aryl methyl sites for hydroxylation is 2. The lowest BCUT2D eigenvalue weighted by Gasteiger charge is -2.31. The molecule has 1 aliphatic heterocycles. The van der Waals surface area contributed by atoms with E-state index in [2.05, 4.69) is 47.7 Å². The van der Waals surface area contributed by atoms with Gasteiger partial charge in [-0.1, -0.05) is 42.5 Å². The highest BCUT2D eigenvalue weighted by Crippen LogP contribution is 2.35. The van der Waals surface area contributed by atoms with Crippen molar-refractivity contribution in [2.24, 2.45) is 5.92 Å². The van der Waals surface area contributed by atoms with Crippen molar-refractivity contribution in [2.45, 2.75) is 52.2 Å². The molecule has 0 amide bonds. The van der Waals surface area contributed by atoms with Crippen LogP contribution in [0.15, 0.2) is 89.6 Å². The van der Waals surface area contributed by atoms with Crippen LogP contribution in [0.4, 0.5) is 0 Å². The molecule has 280 valence electrons. The van der Waals surface area contributed by atoms with E-state index in [1.165, 1.54) is 75.0 Å². The van der Waals surface area contributed by atoms with Crippen molar-refractivity contribution in [1.29, 1.82) is 0 Å². The molecule has 0 radical (unpaired) electrons. The SMILES string of the molecule is CCOC(=O)[C@@H]1CCCN(CCC=C(c2sccc2C)c2sccc2C)C1.O=C(OC(C(=O)O)C(OC(=O)c1ccccc1)C(=O)O)c1ccccc1. The molecule has 3 heterocycles. The number of carboxylic acid groups (broad SMARTS) is 2. The second-order valence-corrected chi connectivity index (χ2v) is 14.1. The van der Waals surface area contributed by atoms with Crippen LogP contribution in [0.5, 0.6) is 0 Å². The molecular formula is C40H43NO10S2. The van der Waals surface area contributed by atoms with Crippen molar-refractivity contribution in [3.8, 4) is 0 Å². The number of carbonyl (C=O) groups excluding carboxylic acids is 3. The lowest BCUT2D eigenvalue weighted by molar-refractivity contribution is -0.166. The van der Waals surface area contributed by atoms with Crippen molar-refractivity contribution in [3.05, 3.63) is 122 Å². The summed E-state index contributed by atoms with van der Waals surface area (Å²) in [5, 5.41) is 22.8. The van der Waals surface area contributed by atoms with Crippen LogP contribution in [0.3, 0.4) is 0 Å². The fourth-order valence-electron chi connectivity index (χ4n) is 5.69. The second kappa shape index (κ2) is 20.2. The largest absolute Gasteiger partial charge is 0.478 e. The summed E-state index contributed by atoms with van der Waals surface area (Å²) in [6.45, 7) is 9.64. The second-order valence-electron chi connectivity index (χ2n) is 12.2. The molecule has 0 bridgehead atoms. The number of piperidine rings is 1. The smallest absolute Gasteiger partial charge is 0.349 e. The molecule has 2 aromatic carbocycles. The van der Waals surface area contributed by atoms with Gasteiger partial charge in [0, 0.05) is 28.4 Å². The summed E-state index contributed by atoms with van der Waals surface area (Å²) in [6.07, 6.45) is 0.999. The van der Waals surface area contributed by atoms with Crippen LogP contribution in [0.2, 0.25) is 0 Å². The number of benzene rings is 2. The number of ether oxygens (including phenoxy) is 3. The van der Waals surface area contributed by atoms with Crippen LogP contribution in [0.25, 0.3) is 5.57 Å². The van der Waals surface area contributed by atoms with Crippen molar-refractivity contribution in [3.63, 3.8) is 0 Å². The number of hydrogen-bond donors (Lipinski definition) is 2. The monoisotopic (exact) mass is 761 g/mol. The lowest BCUT2D eigenvalue weighted by Crippen LogP contribution is -2.45. The van der Waals surface area contributed by atoms with Gasteiger partial charge in [-0.2, -0.15) is 0 Å². The summed E-state index contributed by atoms with van der Waals surface area (Å²) in [4.78, 5) is 64.1. The molecule has 0 saturated carbocycles. The van der Waals surface area contributed by atoms with Gasteiger partial charge in [0.15, 0.2) is 0 Å². The van der Waals surface area contributed by atoms with E-state index in [0.717, 1.165) is 38.9 Å². The quantitative estimate of drug-likeness (QED) is 0.0996. The molecule has 11 nitrogen and oxygen atoms in total. The number of thiophene rings is 2. The number of likely N-dealkylation sites (tertiary alicyclic amines) is 1. The van der Waals surface area contributed by atoms with E-state index in [4.69, 9.17) is 14.2 Å². The Balaban J connectivity index is 0.000000237. The van der Waals surface area contributed by atoms with Crippen LogP contribution in [-0.2, 0) is 28.6 Å². The van der Waals surface area contributed by atoms with Crippen LogP contribution < -0.4 is 0 Å². The third kappa shape index (κ3) is 11.7. The minimum atomic E-state index is -2.21. The summed E-state index contributed by atoms with van der Waals surface area (Å²) >= 11 is 3.65. The average molecular weight is 762 g/mol. The Hall–Kier alpha value is -5.11. The number of aliphatic carboxylic acids is 2. The van der Waals surface area contributed by atoms with Gasteiger partial charge in [-0.25, -0.2) is 19.2 Å². The van der Waals surface area contributed by atoms with Gasteiger partial charge in [0.1, 0.15) is 0 Å². The van der Waals surface area contributed by atoms with Gasteiger partial charge in [-0.05, 0) is 105 Å².